The van der Waals surface area contributed by atoms with Crippen molar-refractivity contribution in [3.63, 3.8) is 0 Å². The topological polar surface area (TPSA) is 72.7 Å². The molecule has 0 aliphatic heterocycles. The molecule has 4 aromatic rings. The minimum Gasteiger partial charge on any atom is -0.314 e. The number of carbonyl (C=O) groups excluding carboxylic acids is 1. The zero-order valence-corrected chi connectivity index (χ0v) is 13.4. The summed E-state index contributed by atoms with van der Waals surface area (Å²) < 4.78 is 1.90. The molecule has 118 valence electrons. The standard InChI is InChI=1S/C17H13N5OS/c23-15(21-17-19-8-9-24-17)11-22-14-6-2-1-5-13(14)20-16(22)12-4-3-7-18-10-12/h1-10H,11H2,(H,19,21,23). The van der Waals surface area contributed by atoms with Crippen molar-refractivity contribution in [3.8, 4) is 11.4 Å². The summed E-state index contributed by atoms with van der Waals surface area (Å²) >= 11 is 1.39. The van der Waals surface area contributed by atoms with Crippen molar-refractivity contribution in [3.05, 3.63) is 60.4 Å². The number of hydrogen-bond donors (Lipinski definition) is 1. The van der Waals surface area contributed by atoms with Gasteiger partial charge in [0.2, 0.25) is 5.91 Å². The lowest BCUT2D eigenvalue weighted by atomic mass is 10.2. The van der Waals surface area contributed by atoms with Gasteiger partial charge in [-0.1, -0.05) is 12.1 Å². The molecule has 3 heterocycles. The van der Waals surface area contributed by atoms with Crippen LogP contribution in [0, 0.1) is 0 Å². The van der Waals surface area contributed by atoms with Crippen molar-refractivity contribution in [1.29, 1.82) is 0 Å². The van der Waals surface area contributed by atoms with E-state index in [2.05, 4.69) is 20.3 Å². The first-order chi connectivity index (χ1) is 11.8. The normalized spacial score (nSPS) is 10.8. The van der Waals surface area contributed by atoms with E-state index in [4.69, 9.17) is 0 Å². The number of imidazole rings is 1. The lowest BCUT2D eigenvalue weighted by Gasteiger charge is -2.08. The molecule has 1 aromatic carbocycles. The highest BCUT2D eigenvalue weighted by molar-refractivity contribution is 7.13. The van der Waals surface area contributed by atoms with E-state index in [1.165, 1.54) is 11.3 Å². The first-order valence-electron chi connectivity index (χ1n) is 7.36. The number of pyridine rings is 1. The Bertz CT molecular complexity index is 979. The molecular formula is C17H13N5OS. The van der Waals surface area contributed by atoms with Gasteiger partial charge in [0.1, 0.15) is 12.4 Å². The molecule has 3 aromatic heterocycles. The van der Waals surface area contributed by atoms with Crippen LogP contribution in [0.5, 0.6) is 0 Å². The van der Waals surface area contributed by atoms with Gasteiger partial charge in [0, 0.05) is 29.5 Å². The summed E-state index contributed by atoms with van der Waals surface area (Å²) in [5.41, 5.74) is 2.62. The summed E-state index contributed by atoms with van der Waals surface area (Å²) in [5, 5.41) is 5.22. The fourth-order valence-corrected chi connectivity index (χ4v) is 3.08. The monoisotopic (exact) mass is 335 g/mol. The third kappa shape index (κ3) is 2.77. The predicted octanol–water partition coefficient (Wildman–Crippen LogP) is 3.19. The molecule has 0 spiro atoms. The van der Waals surface area contributed by atoms with Crippen LogP contribution in [0.15, 0.2) is 60.4 Å². The molecule has 1 N–H and O–H groups in total. The minimum absolute atomic E-state index is 0.141. The molecule has 6 nitrogen and oxygen atoms in total. The van der Waals surface area contributed by atoms with E-state index in [0.717, 1.165) is 22.4 Å². The number of aromatic nitrogens is 4. The van der Waals surface area contributed by atoms with Crippen molar-refractivity contribution in [1.82, 2.24) is 19.5 Å². The Morgan fingerprint density at radius 3 is 2.88 bits per heavy atom. The van der Waals surface area contributed by atoms with Crippen LogP contribution < -0.4 is 5.32 Å². The summed E-state index contributed by atoms with van der Waals surface area (Å²) in [7, 11) is 0. The fourth-order valence-electron chi connectivity index (χ4n) is 2.54. The molecule has 0 saturated carbocycles. The number of nitrogens with one attached hydrogen (secondary N) is 1. The van der Waals surface area contributed by atoms with E-state index in [-0.39, 0.29) is 12.5 Å². The van der Waals surface area contributed by atoms with Gasteiger partial charge in [0.15, 0.2) is 5.13 Å². The average Bonchev–Trinajstić information content (AvgIpc) is 3.24. The number of benzene rings is 1. The molecule has 0 fully saturated rings. The minimum atomic E-state index is -0.141. The Hall–Kier alpha value is -3.06. The highest BCUT2D eigenvalue weighted by Gasteiger charge is 2.15. The van der Waals surface area contributed by atoms with Gasteiger partial charge in [-0.25, -0.2) is 9.97 Å². The highest BCUT2D eigenvalue weighted by atomic mass is 32.1. The van der Waals surface area contributed by atoms with Crippen molar-refractivity contribution < 1.29 is 4.79 Å². The lowest BCUT2D eigenvalue weighted by molar-refractivity contribution is -0.116. The number of nitrogens with zero attached hydrogens (tertiary/aromatic N) is 4. The van der Waals surface area contributed by atoms with Crippen molar-refractivity contribution in [2.24, 2.45) is 0 Å². The molecule has 0 aliphatic carbocycles. The van der Waals surface area contributed by atoms with Crippen molar-refractivity contribution in [2.75, 3.05) is 5.32 Å². The number of para-hydroxylation sites is 2. The fraction of sp³-hybridized carbons (Fsp3) is 0.0588. The Balaban J connectivity index is 1.74. The first kappa shape index (κ1) is 14.5. The van der Waals surface area contributed by atoms with Gasteiger partial charge in [-0.3, -0.25) is 9.78 Å². The Kier molecular flexibility index (Phi) is 3.76. The van der Waals surface area contributed by atoms with Crippen molar-refractivity contribution in [2.45, 2.75) is 6.54 Å². The Morgan fingerprint density at radius 2 is 2.08 bits per heavy atom. The van der Waals surface area contributed by atoms with Gasteiger partial charge >= 0.3 is 0 Å². The molecule has 0 aliphatic rings. The van der Waals surface area contributed by atoms with E-state index < -0.39 is 0 Å². The van der Waals surface area contributed by atoms with E-state index in [0.29, 0.717) is 5.13 Å². The Labute approximate surface area is 141 Å². The van der Waals surface area contributed by atoms with E-state index in [9.17, 15) is 4.79 Å². The van der Waals surface area contributed by atoms with Gasteiger partial charge in [0.25, 0.3) is 0 Å². The SMILES string of the molecule is O=C(Cn1c(-c2cccnc2)nc2ccccc21)Nc1nccs1. The molecule has 4 rings (SSSR count). The number of anilines is 1. The van der Waals surface area contributed by atoms with Crippen LogP contribution >= 0.6 is 11.3 Å². The maximum atomic E-state index is 12.4. The second-order valence-corrected chi connectivity index (χ2v) is 6.03. The summed E-state index contributed by atoms with van der Waals surface area (Å²) in [6, 6.07) is 11.6. The predicted molar refractivity (Wildman–Crippen MR) is 93.7 cm³/mol. The molecule has 1 amide bonds. The number of fused-ring (bicyclic) bond motifs is 1. The molecule has 0 unspecified atom stereocenters. The smallest absolute Gasteiger partial charge is 0.246 e. The van der Waals surface area contributed by atoms with E-state index in [1.807, 2.05) is 46.3 Å². The average molecular weight is 335 g/mol. The van der Waals surface area contributed by atoms with Crippen LogP contribution in [0.1, 0.15) is 0 Å². The molecule has 7 heteroatoms. The van der Waals surface area contributed by atoms with E-state index in [1.54, 1.807) is 18.6 Å². The second kappa shape index (κ2) is 6.21. The largest absolute Gasteiger partial charge is 0.314 e. The summed E-state index contributed by atoms with van der Waals surface area (Å²) in [4.78, 5) is 25.3. The van der Waals surface area contributed by atoms with Crippen LogP contribution in [0.2, 0.25) is 0 Å². The highest BCUT2D eigenvalue weighted by Crippen LogP contribution is 2.24. The first-order valence-corrected chi connectivity index (χ1v) is 8.24. The number of thiazole rings is 1. The third-order valence-corrected chi connectivity index (χ3v) is 4.24. The molecular weight excluding hydrogens is 322 g/mol. The summed E-state index contributed by atoms with van der Waals surface area (Å²) in [6.45, 7) is 0.157. The number of carbonyl (C=O) groups is 1. The second-order valence-electron chi connectivity index (χ2n) is 5.14. The quantitative estimate of drug-likeness (QED) is 0.621. The molecule has 0 atom stereocenters. The maximum Gasteiger partial charge on any atom is 0.246 e. The van der Waals surface area contributed by atoms with Gasteiger partial charge in [0.05, 0.1) is 11.0 Å². The zero-order valence-electron chi connectivity index (χ0n) is 12.6. The summed E-state index contributed by atoms with van der Waals surface area (Å²) in [6.07, 6.45) is 5.12. The van der Waals surface area contributed by atoms with Crippen molar-refractivity contribution >= 4 is 33.4 Å². The van der Waals surface area contributed by atoms with Gasteiger partial charge in [-0.05, 0) is 24.3 Å². The Morgan fingerprint density at radius 1 is 1.17 bits per heavy atom. The van der Waals surface area contributed by atoms with Crippen LogP contribution in [0.25, 0.3) is 22.4 Å². The number of rotatable bonds is 4. The van der Waals surface area contributed by atoms with E-state index >= 15 is 0 Å². The van der Waals surface area contributed by atoms with Gasteiger partial charge < -0.3 is 9.88 Å². The molecule has 0 radical (unpaired) electrons. The van der Waals surface area contributed by atoms with Crippen LogP contribution in [-0.4, -0.2) is 25.4 Å². The number of amides is 1. The van der Waals surface area contributed by atoms with Crippen LogP contribution in [-0.2, 0) is 11.3 Å². The lowest BCUT2D eigenvalue weighted by Crippen LogP contribution is -2.19. The molecule has 0 bridgehead atoms. The van der Waals surface area contributed by atoms with Crippen LogP contribution in [0.4, 0.5) is 5.13 Å². The summed E-state index contributed by atoms with van der Waals surface area (Å²) in [5.74, 6) is 0.580. The van der Waals surface area contributed by atoms with Gasteiger partial charge in [-0.2, -0.15) is 0 Å². The number of hydrogen-bond acceptors (Lipinski definition) is 5. The zero-order chi connectivity index (χ0) is 16.4. The maximum absolute atomic E-state index is 12.4. The van der Waals surface area contributed by atoms with Crippen LogP contribution in [0.3, 0.4) is 0 Å². The van der Waals surface area contributed by atoms with Gasteiger partial charge in [-0.15, -0.1) is 11.3 Å². The molecule has 24 heavy (non-hydrogen) atoms. The molecule has 0 saturated heterocycles. The third-order valence-electron chi connectivity index (χ3n) is 3.55.